The molecule has 0 aromatic rings. The van der Waals surface area contributed by atoms with Crippen LogP contribution in [0.15, 0.2) is 48.6 Å². The molecule has 0 aliphatic rings. The number of aliphatic hydroxyl groups excluding tert-OH is 2. The number of carbonyl (C=O) groups is 2. The van der Waals surface area contributed by atoms with Gasteiger partial charge < -0.3 is 20.3 Å². The molecule has 0 aliphatic carbocycles. The molecule has 0 heterocycles. The minimum absolute atomic E-state index is 0.0284. The summed E-state index contributed by atoms with van der Waals surface area (Å²) in [5, 5.41) is 22.9. The van der Waals surface area contributed by atoms with E-state index in [9.17, 15) is 19.8 Å². The normalized spacial score (nSPS) is 13.1. The van der Waals surface area contributed by atoms with Gasteiger partial charge >= 0.3 is 5.97 Å². The molecule has 3 N–H and O–H groups in total. The van der Waals surface area contributed by atoms with Crippen LogP contribution >= 0.6 is 0 Å². The van der Waals surface area contributed by atoms with Crippen molar-refractivity contribution in [3.63, 3.8) is 0 Å². The van der Waals surface area contributed by atoms with E-state index in [1.807, 2.05) is 12.2 Å². The lowest BCUT2D eigenvalue weighted by Gasteiger charge is -2.19. The third-order valence-electron chi connectivity index (χ3n) is 10.6. The van der Waals surface area contributed by atoms with Gasteiger partial charge in [-0.05, 0) is 77.0 Å². The molecule has 0 saturated carbocycles. The quantitative estimate of drug-likeness (QED) is 0.0325. The van der Waals surface area contributed by atoms with Crippen molar-refractivity contribution in [1.29, 1.82) is 0 Å². The fraction of sp³-hybridized carbons (Fsp3) is 0.800. The Hall–Kier alpha value is -2.18. The lowest BCUT2D eigenvalue weighted by molar-refractivity contribution is -0.143. The van der Waals surface area contributed by atoms with Gasteiger partial charge in [0.25, 0.3) is 0 Å². The standard InChI is InChI=1S/C50H91NO5/c1-3-5-7-9-11-13-15-17-20-24-28-32-36-40-44-50(55)56-45-41-37-33-29-25-21-18-19-23-27-31-35-39-43-49(54)51-47(46-52)48(53)42-38-34-30-26-22-16-14-12-10-8-6-4-2/h15,17,19,23,31,35,38,42,47-48,52-53H,3-14,16,18,20-22,24-30,32-34,36-37,39-41,43-46H2,1-2H3,(H,51,54)/b17-15-,23-19-,35-31-,42-38+. The number of hydrogen-bond acceptors (Lipinski definition) is 5. The molecule has 6 heteroatoms. The summed E-state index contributed by atoms with van der Waals surface area (Å²) >= 11 is 0. The van der Waals surface area contributed by atoms with Crippen molar-refractivity contribution < 1.29 is 24.5 Å². The first-order chi connectivity index (χ1) is 27.5. The first-order valence-electron chi connectivity index (χ1n) is 23.9. The van der Waals surface area contributed by atoms with E-state index in [1.165, 1.54) is 148 Å². The monoisotopic (exact) mass is 786 g/mol. The Balaban J connectivity index is 3.60. The summed E-state index contributed by atoms with van der Waals surface area (Å²) in [6.45, 7) is 4.80. The summed E-state index contributed by atoms with van der Waals surface area (Å²) in [5.41, 5.74) is 0. The molecule has 2 unspecified atom stereocenters. The highest BCUT2D eigenvalue weighted by Gasteiger charge is 2.17. The van der Waals surface area contributed by atoms with Crippen molar-refractivity contribution in [2.75, 3.05) is 13.2 Å². The number of rotatable bonds is 43. The third kappa shape index (κ3) is 41.5. The summed E-state index contributed by atoms with van der Waals surface area (Å²) in [4.78, 5) is 24.3. The van der Waals surface area contributed by atoms with Crippen LogP contribution in [-0.4, -0.2) is 47.4 Å². The molecule has 0 bridgehead atoms. The summed E-state index contributed by atoms with van der Waals surface area (Å²) < 4.78 is 5.44. The molecule has 0 spiro atoms. The molecular formula is C50H91NO5. The second-order valence-corrected chi connectivity index (χ2v) is 16.1. The smallest absolute Gasteiger partial charge is 0.305 e. The number of ether oxygens (including phenoxy) is 1. The average Bonchev–Trinajstić information content (AvgIpc) is 3.20. The van der Waals surface area contributed by atoms with E-state index < -0.39 is 12.1 Å². The Morgan fingerprint density at radius 2 is 0.911 bits per heavy atom. The molecular weight excluding hydrogens is 695 g/mol. The van der Waals surface area contributed by atoms with Crippen LogP contribution in [0.2, 0.25) is 0 Å². The highest BCUT2D eigenvalue weighted by atomic mass is 16.5. The van der Waals surface area contributed by atoms with Gasteiger partial charge in [-0.2, -0.15) is 0 Å². The van der Waals surface area contributed by atoms with Gasteiger partial charge in [0.05, 0.1) is 25.4 Å². The number of esters is 1. The fourth-order valence-corrected chi connectivity index (χ4v) is 6.85. The van der Waals surface area contributed by atoms with E-state index in [0.29, 0.717) is 25.9 Å². The predicted octanol–water partition coefficient (Wildman–Crippen LogP) is 13.9. The number of carbonyl (C=O) groups excluding carboxylic acids is 2. The first-order valence-corrected chi connectivity index (χ1v) is 23.9. The third-order valence-corrected chi connectivity index (χ3v) is 10.6. The van der Waals surface area contributed by atoms with Gasteiger partial charge in [-0.1, -0.05) is 191 Å². The second-order valence-electron chi connectivity index (χ2n) is 16.1. The molecule has 0 rings (SSSR count). The summed E-state index contributed by atoms with van der Waals surface area (Å²) in [5.74, 6) is -0.180. The van der Waals surface area contributed by atoms with Gasteiger partial charge in [-0.3, -0.25) is 9.59 Å². The first kappa shape index (κ1) is 53.8. The van der Waals surface area contributed by atoms with E-state index in [-0.39, 0.29) is 18.5 Å². The highest BCUT2D eigenvalue weighted by molar-refractivity contribution is 5.76. The maximum absolute atomic E-state index is 12.3. The zero-order valence-electron chi connectivity index (χ0n) is 36.8. The van der Waals surface area contributed by atoms with Crippen LogP contribution in [0.1, 0.15) is 232 Å². The van der Waals surface area contributed by atoms with E-state index >= 15 is 0 Å². The molecule has 6 nitrogen and oxygen atoms in total. The molecule has 326 valence electrons. The lowest BCUT2D eigenvalue weighted by atomic mass is 10.1. The SMILES string of the molecule is CCCCCCC/C=C\CCCCCCCC(=O)OCCCCCCCC/C=C\C/C=C\CCC(=O)NC(CO)C(O)/C=C/CCCCCCCCCCCC. The van der Waals surface area contributed by atoms with Gasteiger partial charge in [-0.25, -0.2) is 0 Å². The van der Waals surface area contributed by atoms with E-state index in [4.69, 9.17) is 4.74 Å². The topological polar surface area (TPSA) is 95.9 Å². The van der Waals surface area contributed by atoms with Crippen LogP contribution in [0.25, 0.3) is 0 Å². The minimum atomic E-state index is -0.878. The Kier molecular flexibility index (Phi) is 43.7. The van der Waals surface area contributed by atoms with Crippen LogP contribution < -0.4 is 5.32 Å². The second kappa shape index (κ2) is 45.5. The Bertz CT molecular complexity index is 957. The van der Waals surface area contributed by atoms with Crippen molar-refractivity contribution in [3.8, 4) is 0 Å². The van der Waals surface area contributed by atoms with Crippen molar-refractivity contribution in [2.45, 2.75) is 244 Å². The summed E-state index contributed by atoms with van der Waals surface area (Å²) in [7, 11) is 0. The largest absolute Gasteiger partial charge is 0.466 e. The van der Waals surface area contributed by atoms with Crippen molar-refractivity contribution in [1.82, 2.24) is 5.32 Å². The van der Waals surface area contributed by atoms with Gasteiger partial charge in [0.15, 0.2) is 0 Å². The van der Waals surface area contributed by atoms with E-state index in [1.54, 1.807) is 6.08 Å². The predicted molar refractivity (Wildman–Crippen MR) is 241 cm³/mol. The zero-order chi connectivity index (χ0) is 40.8. The van der Waals surface area contributed by atoms with Crippen LogP contribution in [0.3, 0.4) is 0 Å². The number of amides is 1. The maximum Gasteiger partial charge on any atom is 0.305 e. The molecule has 56 heavy (non-hydrogen) atoms. The molecule has 0 radical (unpaired) electrons. The molecule has 0 fully saturated rings. The number of hydrogen-bond donors (Lipinski definition) is 3. The van der Waals surface area contributed by atoms with Crippen LogP contribution in [0, 0.1) is 0 Å². The Morgan fingerprint density at radius 3 is 1.41 bits per heavy atom. The Labute approximate surface area is 346 Å². The van der Waals surface area contributed by atoms with Crippen LogP contribution in [0.4, 0.5) is 0 Å². The number of nitrogens with one attached hydrogen (secondary N) is 1. The van der Waals surface area contributed by atoms with Crippen molar-refractivity contribution >= 4 is 11.9 Å². The number of allylic oxidation sites excluding steroid dienone is 7. The maximum atomic E-state index is 12.3. The van der Waals surface area contributed by atoms with Crippen molar-refractivity contribution in [3.05, 3.63) is 48.6 Å². The fourth-order valence-electron chi connectivity index (χ4n) is 6.85. The van der Waals surface area contributed by atoms with Gasteiger partial charge in [0, 0.05) is 12.8 Å². The zero-order valence-corrected chi connectivity index (χ0v) is 36.8. The lowest BCUT2D eigenvalue weighted by Crippen LogP contribution is -2.45. The molecule has 1 amide bonds. The van der Waals surface area contributed by atoms with Crippen molar-refractivity contribution in [2.24, 2.45) is 0 Å². The van der Waals surface area contributed by atoms with Gasteiger partial charge in [0.1, 0.15) is 0 Å². The van der Waals surface area contributed by atoms with E-state index in [0.717, 1.165) is 51.4 Å². The molecule has 0 aliphatic heterocycles. The summed E-state index contributed by atoms with van der Waals surface area (Å²) in [6, 6.07) is -0.671. The van der Waals surface area contributed by atoms with Gasteiger partial charge in [0.2, 0.25) is 5.91 Å². The highest BCUT2D eigenvalue weighted by Crippen LogP contribution is 2.13. The summed E-state index contributed by atoms with van der Waals surface area (Å²) in [6.07, 6.45) is 55.4. The van der Waals surface area contributed by atoms with Crippen LogP contribution in [-0.2, 0) is 14.3 Å². The molecule has 0 saturated heterocycles. The molecule has 0 aromatic carbocycles. The molecule has 2 atom stereocenters. The van der Waals surface area contributed by atoms with E-state index in [2.05, 4.69) is 49.5 Å². The average molecular weight is 786 g/mol. The molecule has 0 aromatic heterocycles. The number of unbranched alkanes of at least 4 members (excludes halogenated alkanes) is 26. The van der Waals surface area contributed by atoms with Gasteiger partial charge in [-0.15, -0.1) is 0 Å². The van der Waals surface area contributed by atoms with Crippen LogP contribution in [0.5, 0.6) is 0 Å². The minimum Gasteiger partial charge on any atom is -0.466 e. The Morgan fingerprint density at radius 1 is 0.500 bits per heavy atom. The number of aliphatic hydroxyl groups is 2.